The molecular weight excluding hydrogens is 284 g/mol. The van der Waals surface area contributed by atoms with Crippen LogP contribution in [0, 0.1) is 6.92 Å². The highest BCUT2D eigenvalue weighted by atomic mass is 16.6. The van der Waals surface area contributed by atoms with Crippen LogP contribution in [0.2, 0.25) is 0 Å². The number of hydrogen-bond donors (Lipinski definition) is 0. The molecule has 0 aliphatic carbocycles. The van der Waals surface area contributed by atoms with Crippen molar-refractivity contribution in [1.82, 2.24) is 19.4 Å². The van der Waals surface area contributed by atoms with Crippen LogP contribution in [-0.2, 0) is 16.1 Å². The zero-order chi connectivity index (χ0) is 16.3. The van der Waals surface area contributed by atoms with Gasteiger partial charge in [-0.1, -0.05) is 0 Å². The number of imidazole rings is 1. The minimum Gasteiger partial charge on any atom is -0.444 e. The molecule has 2 rings (SSSR count). The van der Waals surface area contributed by atoms with Crippen molar-refractivity contribution in [3.05, 3.63) is 18.2 Å². The first-order chi connectivity index (χ1) is 10.3. The molecule has 0 saturated carbocycles. The van der Waals surface area contributed by atoms with Crippen molar-refractivity contribution in [1.29, 1.82) is 0 Å². The standard InChI is InChI=1S/C15H24N4O3/c1-12-16-5-6-19(12)11-13(20)17-7-9-18(10-8-17)14(21)22-15(2,3)4/h5-6H,7-11H2,1-4H3. The third-order valence-electron chi connectivity index (χ3n) is 3.51. The van der Waals surface area contributed by atoms with Gasteiger partial charge in [0, 0.05) is 38.6 Å². The molecule has 2 amide bonds. The summed E-state index contributed by atoms with van der Waals surface area (Å²) in [4.78, 5) is 31.8. The molecule has 0 aromatic carbocycles. The van der Waals surface area contributed by atoms with E-state index in [9.17, 15) is 9.59 Å². The van der Waals surface area contributed by atoms with Crippen molar-refractivity contribution >= 4 is 12.0 Å². The van der Waals surface area contributed by atoms with Gasteiger partial charge in [-0.3, -0.25) is 4.79 Å². The molecule has 1 aromatic heterocycles. The molecule has 1 aliphatic rings. The molecule has 122 valence electrons. The smallest absolute Gasteiger partial charge is 0.410 e. The van der Waals surface area contributed by atoms with Gasteiger partial charge in [-0.25, -0.2) is 9.78 Å². The molecule has 0 bridgehead atoms. The molecule has 1 aliphatic heterocycles. The van der Waals surface area contributed by atoms with Crippen LogP contribution in [0.1, 0.15) is 26.6 Å². The van der Waals surface area contributed by atoms with E-state index in [0.717, 1.165) is 5.82 Å². The molecule has 1 fully saturated rings. The second-order valence-electron chi connectivity index (χ2n) is 6.45. The first-order valence-electron chi connectivity index (χ1n) is 7.50. The first-order valence-corrected chi connectivity index (χ1v) is 7.50. The van der Waals surface area contributed by atoms with Crippen LogP contribution < -0.4 is 0 Å². The van der Waals surface area contributed by atoms with E-state index in [1.54, 1.807) is 22.2 Å². The maximum atomic E-state index is 12.3. The maximum Gasteiger partial charge on any atom is 0.410 e. The third kappa shape index (κ3) is 4.22. The minimum absolute atomic E-state index is 0.0462. The van der Waals surface area contributed by atoms with Gasteiger partial charge >= 0.3 is 6.09 Å². The number of ether oxygens (including phenoxy) is 1. The topological polar surface area (TPSA) is 67.7 Å². The van der Waals surface area contributed by atoms with Gasteiger partial charge in [0.1, 0.15) is 18.0 Å². The molecule has 1 saturated heterocycles. The normalized spacial score (nSPS) is 15.8. The summed E-state index contributed by atoms with van der Waals surface area (Å²) in [6, 6.07) is 0. The van der Waals surface area contributed by atoms with E-state index in [1.807, 2.05) is 32.3 Å². The van der Waals surface area contributed by atoms with Crippen molar-refractivity contribution in [2.24, 2.45) is 0 Å². The molecular formula is C15H24N4O3. The Hall–Kier alpha value is -2.05. The Morgan fingerprint density at radius 2 is 1.77 bits per heavy atom. The molecule has 0 atom stereocenters. The quantitative estimate of drug-likeness (QED) is 0.825. The predicted octanol–water partition coefficient (Wildman–Crippen LogP) is 1.27. The lowest BCUT2D eigenvalue weighted by Gasteiger charge is -2.35. The van der Waals surface area contributed by atoms with Crippen molar-refractivity contribution in [3.8, 4) is 0 Å². The number of rotatable bonds is 2. The monoisotopic (exact) mass is 308 g/mol. The minimum atomic E-state index is -0.497. The Balaban J connectivity index is 1.83. The predicted molar refractivity (Wildman–Crippen MR) is 81.4 cm³/mol. The summed E-state index contributed by atoms with van der Waals surface area (Å²) in [5.74, 6) is 0.866. The number of aromatic nitrogens is 2. The van der Waals surface area contributed by atoms with Gasteiger partial charge in [0.2, 0.25) is 5.91 Å². The van der Waals surface area contributed by atoms with Crippen molar-refractivity contribution in [2.75, 3.05) is 26.2 Å². The summed E-state index contributed by atoms with van der Waals surface area (Å²) >= 11 is 0. The number of amides is 2. The fourth-order valence-electron chi connectivity index (χ4n) is 2.28. The molecule has 0 unspecified atom stereocenters. The first kappa shape index (κ1) is 16.3. The highest BCUT2D eigenvalue weighted by Gasteiger charge is 2.27. The summed E-state index contributed by atoms with van der Waals surface area (Å²) in [6.45, 7) is 9.77. The molecule has 7 nitrogen and oxygen atoms in total. The molecule has 0 N–H and O–H groups in total. The van der Waals surface area contributed by atoms with Crippen LogP contribution in [0.25, 0.3) is 0 Å². The molecule has 0 spiro atoms. The second kappa shape index (κ2) is 6.37. The molecule has 0 radical (unpaired) electrons. The van der Waals surface area contributed by atoms with Crippen LogP contribution in [-0.4, -0.2) is 63.1 Å². The lowest BCUT2D eigenvalue weighted by Crippen LogP contribution is -2.52. The van der Waals surface area contributed by atoms with E-state index < -0.39 is 5.60 Å². The van der Waals surface area contributed by atoms with Crippen molar-refractivity contribution < 1.29 is 14.3 Å². The van der Waals surface area contributed by atoms with Gasteiger partial charge in [0.15, 0.2) is 0 Å². The van der Waals surface area contributed by atoms with Gasteiger partial charge in [0.25, 0.3) is 0 Å². The Kier molecular flexibility index (Phi) is 4.73. The number of aryl methyl sites for hydroxylation is 1. The lowest BCUT2D eigenvalue weighted by atomic mass is 10.2. The van der Waals surface area contributed by atoms with E-state index in [1.165, 1.54) is 0 Å². The Morgan fingerprint density at radius 3 is 2.27 bits per heavy atom. The zero-order valence-electron chi connectivity index (χ0n) is 13.7. The largest absolute Gasteiger partial charge is 0.444 e. The van der Waals surface area contributed by atoms with E-state index in [4.69, 9.17) is 4.74 Å². The van der Waals surface area contributed by atoms with Crippen LogP contribution in [0.15, 0.2) is 12.4 Å². The van der Waals surface area contributed by atoms with Crippen LogP contribution in [0.4, 0.5) is 4.79 Å². The van der Waals surface area contributed by atoms with Crippen LogP contribution >= 0.6 is 0 Å². The molecule has 22 heavy (non-hydrogen) atoms. The summed E-state index contributed by atoms with van der Waals surface area (Å²) in [6.07, 6.45) is 3.16. The van der Waals surface area contributed by atoms with Crippen molar-refractivity contribution in [3.63, 3.8) is 0 Å². The lowest BCUT2D eigenvalue weighted by molar-refractivity contribution is -0.133. The van der Waals surface area contributed by atoms with Gasteiger partial charge in [-0.2, -0.15) is 0 Å². The number of hydrogen-bond acceptors (Lipinski definition) is 4. The van der Waals surface area contributed by atoms with Crippen LogP contribution in [0.3, 0.4) is 0 Å². The fourth-order valence-corrected chi connectivity index (χ4v) is 2.28. The van der Waals surface area contributed by atoms with E-state index in [-0.39, 0.29) is 18.5 Å². The second-order valence-corrected chi connectivity index (χ2v) is 6.45. The zero-order valence-corrected chi connectivity index (χ0v) is 13.7. The average molecular weight is 308 g/mol. The van der Waals surface area contributed by atoms with Gasteiger partial charge in [-0.05, 0) is 27.7 Å². The number of carbonyl (C=O) groups is 2. The van der Waals surface area contributed by atoms with Gasteiger partial charge in [-0.15, -0.1) is 0 Å². The van der Waals surface area contributed by atoms with E-state index in [0.29, 0.717) is 26.2 Å². The number of carbonyl (C=O) groups excluding carboxylic acids is 2. The van der Waals surface area contributed by atoms with Gasteiger partial charge < -0.3 is 19.1 Å². The maximum absolute atomic E-state index is 12.3. The highest BCUT2D eigenvalue weighted by molar-refractivity contribution is 5.76. The molecule has 7 heteroatoms. The Labute approximate surface area is 130 Å². The molecule has 1 aromatic rings. The SMILES string of the molecule is Cc1nccn1CC(=O)N1CCN(C(=O)OC(C)(C)C)CC1. The van der Waals surface area contributed by atoms with Crippen molar-refractivity contribution in [2.45, 2.75) is 39.8 Å². The third-order valence-corrected chi connectivity index (χ3v) is 3.51. The summed E-state index contributed by atoms with van der Waals surface area (Å²) in [7, 11) is 0. The molecule has 2 heterocycles. The van der Waals surface area contributed by atoms with Gasteiger partial charge in [0.05, 0.1) is 0 Å². The highest BCUT2D eigenvalue weighted by Crippen LogP contribution is 2.12. The average Bonchev–Trinajstić information content (AvgIpc) is 2.82. The van der Waals surface area contributed by atoms with E-state index in [2.05, 4.69) is 4.98 Å². The number of nitrogens with zero attached hydrogens (tertiary/aromatic N) is 4. The fraction of sp³-hybridized carbons (Fsp3) is 0.667. The Bertz CT molecular complexity index is 539. The van der Waals surface area contributed by atoms with Crippen LogP contribution in [0.5, 0.6) is 0 Å². The summed E-state index contributed by atoms with van der Waals surface area (Å²) < 4.78 is 7.17. The van der Waals surface area contributed by atoms with E-state index >= 15 is 0 Å². The summed E-state index contributed by atoms with van der Waals surface area (Å²) in [5.41, 5.74) is -0.497. The number of piperazine rings is 1. The Morgan fingerprint density at radius 1 is 1.18 bits per heavy atom. The summed E-state index contributed by atoms with van der Waals surface area (Å²) in [5, 5.41) is 0.